The van der Waals surface area contributed by atoms with Crippen LogP contribution in [0.2, 0.25) is 0 Å². The third-order valence-electron chi connectivity index (χ3n) is 3.21. The van der Waals surface area contributed by atoms with Crippen molar-refractivity contribution >= 4 is 27.4 Å². The Labute approximate surface area is 138 Å². The van der Waals surface area contributed by atoms with Gasteiger partial charge in [0.15, 0.2) is 0 Å². The average molecular weight is 349 g/mol. The van der Waals surface area contributed by atoms with Gasteiger partial charge in [-0.15, -0.1) is 0 Å². The second-order valence-electron chi connectivity index (χ2n) is 4.97. The fraction of sp³-hybridized carbons (Fsp3) is 0.133. The molecule has 0 aliphatic rings. The maximum absolute atomic E-state index is 12.7. The highest BCUT2D eigenvalue weighted by atomic mass is 32.2. The number of rotatable bonds is 6. The number of carbonyl (C=O) groups is 1. The molecule has 0 unspecified atom stereocenters. The molecule has 0 spiro atoms. The molecule has 0 aliphatic carbocycles. The Morgan fingerprint density at radius 3 is 2.33 bits per heavy atom. The van der Waals surface area contributed by atoms with Gasteiger partial charge in [0.2, 0.25) is 0 Å². The lowest BCUT2D eigenvalue weighted by atomic mass is 10.2. The van der Waals surface area contributed by atoms with Crippen molar-refractivity contribution in [2.45, 2.75) is 11.8 Å². The van der Waals surface area contributed by atoms with Crippen LogP contribution in [0.1, 0.15) is 5.56 Å². The minimum atomic E-state index is -4.22. The third kappa shape index (κ3) is 3.69. The molecule has 9 heteroatoms. The first-order valence-corrected chi connectivity index (χ1v) is 8.19. The number of nitro groups is 1. The lowest BCUT2D eigenvalue weighted by Gasteiger charge is -2.24. The zero-order valence-corrected chi connectivity index (χ0v) is 13.4. The number of anilines is 1. The van der Waals surface area contributed by atoms with Crippen LogP contribution in [0.25, 0.3) is 0 Å². The molecule has 2 rings (SSSR count). The quantitative estimate of drug-likeness (QED) is 0.563. The van der Waals surface area contributed by atoms with Gasteiger partial charge < -0.3 is 9.90 Å². The number of nitrogens with zero attached hydrogens (tertiary/aromatic N) is 2. The molecule has 0 saturated heterocycles. The lowest BCUT2D eigenvalue weighted by Crippen LogP contribution is -2.41. The van der Waals surface area contributed by atoms with Gasteiger partial charge in [-0.2, -0.15) is 0 Å². The molecule has 0 fully saturated rings. The maximum atomic E-state index is 12.7. The van der Waals surface area contributed by atoms with E-state index in [0.29, 0.717) is 4.31 Å². The predicted octanol–water partition coefficient (Wildman–Crippen LogP) is 0.848. The highest BCUT2D eigenvalue weighted by Crippen LogP contribution is 2.26. The number of carboxylic acid groups (broad SMARTS) is 1. The minimum absolute atomic E-state index is 0.124. The van der Waals surface area contributed by atoms with E-state index in [2.05, 4.69) is 0 Å². The first-order chi connectivity index (χ1) is 11.2. The van der Waals surface area contributed by atoms with Crippen molar-refractivity contribution < 1.29 is 23.2 Å². The second-order valence-corrected chi connectivity index (χ2v) is 6.84. The molecule has 126 valence electrons. The Balaban J connectivity index is 2.56. The van der Waals surface area contributed by atoms with E-state index in [1.807, 2.05) is 0 Å². The number of carbonyl (C=O) groups excluding carboxylic acids is 1. The van der Waals surface area contributed by atoms with E-state index in [1.165, 1.54) is 30.3 Å². The van der Waals surface area contributed by atoms with Crippen molar-refractivity contribution in [1.29, 1.82) is 0 Å². The number of sulfonamides is 1. The second kappa shape index (κ2) is 6.67. The SMILES string of the molecule is Cc1ccc(S(=O)(=O)N(CC(=O)[O-])c2cccc([N+](=O)[O-])c2)cc1. The fourth-order valence-corrected chi connectivity index (χ4v) is 3.43. The number of benzene rings is 2. The molecule has 0 atom stereocenters. The van der Waals surface area contributed by atoms with Gasteiger partial charge in [-0.1, -0.05) is 23.8 Å². The first kappa shape index (κ1) is 17.4. The number of hydrogen-bond donors (Lipinski definition) is 0. The largest absolute Gasteiger partial charge is 0.548 e. The summed E-state index contributed by atoms with van der Waals surface area (Å²) in [6.45, 7) is 0.813. The van der Waals surface area contributed by atoms with Crippen LogP contribution >= 0.6 is 0 Å². The normalized spacial score (nSPS) is 11.0. The number of hydrogen-bond acceptors (Lipinski definition) is 6. The molecule has 0 radical (unpaired) electrons. The van der Waals surface area contributed by atoms with Crippen LogP contribution in [-0.2, 0) is 14.8 Å². The lowest BCUT2D eigenvalue weighted by molar-refractivity contribution is -0.384. The van der Waals surface area contributed by atoms with Gasteiger partial charge in [-0.3, -0.25) is 14.4 Å². The van der Waals surface area contributed by atoms with Crippen molar-refractivity contribution in [2.75, 3.05) is 10.8 Å². The molecule has 2 aromatic carbocycles. The number of nitro benzene ring substituents is 1. The molecule has 0 N–H and O–H groups in total. The predicted molar refractivity (Wildman–Crippen MR) is 83.8 cm³/mol. The molecular formula is C15H13N2O6S-. The van der Waals surface area contributed by atoms with E-state index in [-0.39, 0.29) is 16.3 Å². The standard InChI is InChI=1S/C15H14N2O6S/c1-11-5-7-14(8-6-11)24(22,23)16(10-15(18)19)12-3-2-4-13(9-12)17(20)21/h2-9H,10H2,1H3,(H,18,19)/p-1. The highest BCUT2D eigenvalue weighted by Gasteiger charge is 2.26. The van der Waals surface area contributed by atoms with Crippen LogP contribution in [0.4, 0.5) is 11.4 Å². The average Bonchev–Trinajstić information content (AvgIpc) is 2.53. The van der Waals surface area contributed by atoms with Crippen LogP contribution < -0.4 is 9.41 Å². The summed E-state index contributed by atoms with van der Waals surface area (Å²) >= 11 is 0. The summed E-state index contributed by atoms with van der Waals surface area (Å²) in [6.07, 6.45) is 0. The van der Waals surface area contributed by atoms with E-state index in [1.54, 1.807) is 19.1 Å². The Bertz CT molecular complexity index is 877. The van der Waals surface area contributed by atoms with Crippen LogP contribution in [0.3, 0.4) is 0 Å². The summed E-state index contributed by atoms with van der Waals surface area (Å²) in [5.41, 5.74) is 0.347. The highest BCUT2D eigenvalue weighted by molar-refractivity contribution is 7.92. The van der Waals surface area contributed by atoms with Crippen LogP contribution in [-0.4, -0.2) is 25.9 Å². The number of non-ortho nitro benzene ring substituents is 1. The molecule has 0 aromatic heterocycles. The topological polar surface area (TPSA) is 121 Å². The van der Waals surface area contributed by atoms with Gasteiger partial charge in [0, 0.05) is 12.1 Å². The van der Waals surface area contributed by atoms with Crippen LogP contribution in [0.15, 0.2) is 53.4 Å². The molecule has 8 nitrogen and oxygen atoms in total. The molecule has 0 heterocycles. The van der Waals surface area contributed by atoms with Gasteiger partial charge in [-0.25, -0.2) is 8.42 Å². The van der Waals surface area contributed by atoms with Gasteiger partial charge >= 0.3 is 0 Å². The number of aliphatic carboxylic acids is 1. The van der Waals surface area contributed by atoms with Gasteiger partial charge in [0.05, 0.1) is 28.0 Å². The van der Waals surface area contributed by atoms with Gasteiger partial charge in [0.25, 0.3) is 15.7 Å². The Kier molecular flexibility index (Phi) is 4.84. The molecule has 0 aliphatic heterocycles. The molecule has 24 heavy (non-hydrogen) atoms. The third-order valence-corrected chi connectivity index (χ3v) is 5.00. The van der Waals surface area contributed by atoms with Gasteiger partial charge in [-0.05, 0) is 25.1 Å². The maximum Gasteiger partial charge on any atom is 0.271 e. The van der Waals surface area contributed by atoms with Gasteiger partial charge in [0.1, 0.15) is 0 Å². The van der Waals surface area contributed by atoms with Crippen molar-refractivity contribution in [1.82, 2.24) is 0 Å². The smallest absolute Gasteiger partial charge is 0.271 e. The molecule has 2 aromatic rings. The van der Waals surface area contributed by atoms with E-state index >= 15 is 0 Å². The zero-order valence-electron chi connectivity index (χ0n) is 12.6. The summed E-state index contributed by atoms with van der Waals surface area (Å²) in [5, 5.41) is 21.8. The summed E-state index contributed by atoms with van der Waals surface area (Å²) in [6, 6.07) is 10.5. The van der Waals surface area contributed by atoms with E-state index in [4.69, 9.17) is 0 Å². The monoisotopic (exact) mass is 349 g/mol. The van der Waals surface area contributed by atoms with Crippen molar-refractivity contribution in [3.8, 4) is 0 Å². The van der Waals surface area contributed by atoms with Crippen LogP contribution in [0, 0.1) is 17.0 Å². The fourth-order valence-electron chi connectivity index (χ4n) is 2.03. The van der Waals surface area contributed by atoms with E-state index in [9.17, 15) is 28.4 Å². The number of carboxylic acids is 1. The molecule has 0 saturated carbocycles. The van der Waals surface area contributed by atoms with E-state index in [0.717, 1.165) is 11.6 Å². The Morgan fingerprint density at radius 2 is 1.79 bits per heavy atom. The Morgan fingerprint density at radius 1 is 1.17 bits per heavy atom. The molecule has 0 amide bonds. The van der Waals surface area contributed by atoms with Crippen molar-refractivity contribution in [3.05, 3.63) is 64.2 Å². The van der Waals surface area contributed by atoms with Crippen LogP contribution in [0.5, 0.6) is 0 Å². The zero-order chi connectivity index (χ0) is 17.9. The minimum Gasteiger partial charge on any atom is -0.548 e. The summed E-state index contributed by atoms with van der Waals surface area (Å²) in [5.74, 6) is -1.63. The summed E-state index contributed by atoms with van der Waals surface area (Å²) in [4.78, 5) is 21.0. The Hall–Kier alpha value is -2.94. The van der Waals surface area contributed by atoms with Crippen molar-refractivity contribution in [2.24, 2.45) is 0 Å². The first-order valence-electron chi connectivity index (χ1n) is 6.75. The summed E-state index contributed by atoms with van der Waals surface area (Å²) < 4.78 is 26.0. The molecular weight excluding hydrogens is 336 g/mol. The number of aryl methyl sites for hydroxylation is 1. The summed E-state index contributed by atoms with van der Waals surface area (Å²) in [7, 11) is -4.22. The molecule has 0 bridgehead atoms. The van der Waals surface area contributed by atoms with Crippen molar-refractivity contribution in [3.63, 3.8) is 0 Å². The van der Waals surface area contributed by atoms with E-state index < -0.39 is 27.5 Å².